The second-order valence-electron chi connectivity index (χ2n) is 10.7. The van der Waals surface area contributed by atoms with Gasteiger partial charge in [-0.05, 0) is 92.3 Å². The van der Waals surface area contributed by atoms with Crippen molar-refractivity contribution >= 4 is 0 Å². The molecular formula is C24H38F2O. The molecule has 0 radical (unpaired) electrons. The summed E-state index contributed by atoms with van der Waals surface area (Å²) < 4.78 is 27.7. The molecule has 1 nitrogen and oxygen atoms in total. The summed E-state index contributed by atoms with van der Waals surface area (Å²) in [6.45, 7) is 6.50. The third-order valence-electron chi connectivity index (χ3n) is 9.65. The zero-order valence-corrected chi connectivity index (χ0v) is 17.4. The van der Waals surface area contributed by atoms with Gasteiger partial charge in [0.1, 0.15) is 0 Å². The molecule has 0 aliphatic heterocycles. The Labute approximate surface area is 164 Å². The Bertz CT molecular complexity index is 599. The number of rotatable bonds is 4. The largest absolute Gasteiger partial charge is 0.393 e. The smallest absolute Gasteiger partial charge is 0.247 e. The highest BCUT2D eigenvalue weighted by molar-refractivity contribution is 5.25. The molecule has 4 unspecified atom stereocenters. The number of aliphatic hydroxyl groups is 1. The van der Waals surface area contributed by atoms with E-state index in [0.717, 1.165) is 43.9 Å². The lowest BCUT2D eigenvalue weighted by molar-refractivity contribution is -0.0596. The van der Waals surface area contributed by atoms with Crippen molar-refractivity contribution in [1.82, 2.24) is 0 Å². The van der Waals surface area contributed by atoms with Crippen LogP contribution < -0.4 is 0 Å². The highest BCUT2D eigenvalue weighted by Crippen LogP contribution is 2.66. The van der Waals surface area contributed by atoms with Crippen LogP contribution in [0.3, 0.4) is 0 Å². The van der Waals surface area contributed by atoms with E-state index in [4.69, 9.17) is 0 Å². The van der Waals surface area contributed by atoms with Crippen LogP contribution in [0.25, 0.3) is 0 Å². The van der Waals surface area contributed by atoms with Crippen LogP contribution in [-0.4, -0.2) is 17.1 Å². The summed E-state index contributed by atoms with van der Waals surface area (Å²) in [4.78, 5) is 0. The molecule has 0 aromatic carbocycles. The van der Waals surface area contributed by atoms with Crippen LogP contribution in [0.5, 0.6) is 0 Å². The van der Waals surface area contributed by atoms with Crippen molar-refractivity contribution in [2.75, 3.05) is 0 Å². The molecule has 154 valence electrons. The average molecular weight is 381 g/mol. The molecule has 0 amide bonds. The quantitative estimate of drug-likeness (QED) is 0.535. The Morgan fingerprint density at radius 3 is 2.63 bits per heavy atom. The molecule has 0 aromatic heterocycles. The van der Waals surface area contributed by atoms with Crippen LogP contribution in [0.1, 0.15) is 91.4 Å². The summed E-state index contributed by atoms with van der Waals surface area (Å²) in [5, 5.41) is 10.1. The topological polar surface area (TPSA) is 20.2 Å². The van der Waals surface area contributed by atoms with Gasteiger partial charge in [0.25, 0.3) is 0 Å². The lowest BCUT2D eigenvalue weighted by Crippen LogP contribution is -2.50. The van der Waals surface area contributed by atoms with Crippen molar-refractivity contribution in [3.63, 3.8) is 0 Å². The van der Waals surface area contributed by atoms with Crippen LogP contribution in [-0.2, 0) is 0 Å². The molecular weight excluding hydrogens is 342 g/mol. The molecule has 0 saturated heterocycles. The van der Waals surface area contributed by atoms with Gasteiger partial charge in [0.05, 0.1) is 6.10 Å². The Balaban J connectivity index is 1.52. The second kappa shape index (κ2) is 6.82. The van der Waals surface area contributed by atoms with Crippen LogP contribution in [0.4, 0.5) is 8.78 Å². The van der Waals surface area contributed by atoms with E-state index in [-0.39, 0.29) is 29.8 Å². The van der Waals surface area contributed by atoms with Gasteiger partial charge in [0.15, 0.2) is 0 Å². The van der Waals surface area contributed by atoms with Gasteiger partial charge in [-0.2, -0.15) is 0 Å². The van der Waals surface area contributed by atoms with Crippen molar-refractivity contribution in [3.05, 3.63) is 11.6 Å². The molecule has 4 rings (SSSR count). The average Bonchev–Trinajstić information content (AvgIpc) is 2.97. The molecule has 4 aliphatic carbocycles. The van der Waals surface area contributed by atoms with E-state index in [1.165, 1.54) is 24.8 Å². The first-order valence-electron chi connectivity index (χ1n) is 11.4. The number of hydrogen-bond donors (Lipinski definition) is 1. The zero-order chi connectivity index (χ0) is 19.4. The molecule has 27 heavy (non-hydrogen) atoms. The molecule has 3 heteroatoms. The van der Waals surface area contributed by atoms with Gasteiger partial charge < -0.3 is 5.11 Å². The summed E-state index contributed by atoms with van der Waals surface area (Å²) in [5.74, 6) is 0.165. The fourth-order valence-corrected chi connectivity index (χ4v) is 7.79. The standard InChI is InChI=1S/C24H38F2O/c1-4-24(25,26)14-9-16-6-8-20-19-7-5-17-15-18(27)10-12-23(17,3)21(19)11-13-22(16,20)2/h5,16,18-21,27H,4,6-15H2,1-3H3/t16?,18?,19-,20?,21?,22+,23-/m0/s1. The molecule has 3 fully saturated rings. The van der Waals surface area contributed by atoms with Crippen LogP contribution in [0.2, 0.25) is 0 Å². The molecule has 0 aromatic rings. The van der Waals surface area contributed by atoms with E-state index in [2.05, 4.69) is 19.9 Å². The summed E-state index contributed by atoms with van der Waals surface area (Å²) in [6.07, 6.45) is 12.0. The van der Waals surface area contributed by atoms with E-state index in [9.17, 15) is 13.9 Å². The normalized spacial score (nSPS) is 47.0. The Kier molecular flexibility index (Phi) is 5.01. The van der Waals surface area contributed by atoms with Crippen molar-refractivity contribution in [1.29, 1.82) is 0 Å². The van der Waals surface area contributed by atoms with Gasteiger partial charge in [-0.3, -0.25) is 0 Å². The summed E-state index contributed by atoms with van der Waals surface area (Å²) >= 11 is 0. The number of alkyl halides is 2. The van der Waals surface area contributed by atoms with Gasteiger partial charge in [0, 0.05) is 12.8 Å². The van der Waals surface area contributed by atoms with E-state index in [1.807, 2.05) is 0 Å². The first kappa shape index (κ1) is 19.9. The van der Waals surface area contributed by atoms with Crippen LogP contribution in [0, 0.1) is 34.5 Å². The van der Waals surface area contributed by atoms with Gasteiger partial charge in [-0.25, -0.2) is 8.78 Å². The Morgan fingerprint density at radius 2 is 1.89 bits per heavy atom. The summed E-state index contributed by atoms with van der Waals surface area (Å²) in [5.41, 5.74) is 2.06. The Morgan fingerprint density at radius 1 is 1.11 bits per heavy atom. The van der Waals surface area contributed by atoms with Gasteiger partial charge in [-0.1, -0.05) is 32.4 Å². The SMILES string of the molecule is CCC(F)(F)CCC1CCC2[C@@H]3CC=C4CC(O)CC[C@]4(C)C3CC[C@]12C. The highest BCUT2D eigenvalue weighted by atomic mass is 19.3. The maximum atomic E-state index is 13.9. The molecule has 0 heterocycles. The highest BCUT2D eigenvalue weighted by Gasteiger charge is 2.58. The van der Waals surface area contributed by atoms with Gasteiger partial charge >= 0.3 is 0 Å². The third kappa shape index (κ3) is 3.20. The van der Waals surface area contributed by atoms with Crippen molar-refractivity contribution < 1.29 is 13.9 Å². The summed E-state index contributed by atoms with van der Waals surface area (Å²) in [6, 6.07) is 0. The minimum Gasteiger partial charge on any atom is -0.393 e. The predicted octanol–water partition coefficient (Wildman–Crippen LogP) is 6.75. The minimum atomic E-state index is -2.48. The number of halogens is 2. The molecule has 3 saturated carbocycles. The predicted molar refractivity (Wildman–Crippen MR) is 106 cm³/mol. The number of hydrogen-bond acceptors (Lipinski definition) is 1. The van der Waals surface area contributed by atoms with Crippen LogP contribution in [0.15, 0.2) is 11.6 Å². The molecule has 7 atom stereocenters. The molecule has 1 N–H and O–H groups in total. The third-order valence-corrected chi connectivity index (χ3v) is 9.65. The van der Waals surface area contributed by atoms with Crippen molar-refractivity contribution in [2.24, 2.45) is 34.5 Å². The minimum absolute atomic E-state index is 0.0255. The maximum Gasteiger partial charge on any atom is 0.247 e. The van der Waals surface area contributed by atoms with E-state index in [1.54, 1.807) is 6.92 Å². The molecule has 0 spiro atoms. The lowest BCUT2D eigenvalue weighted by Gasteiger charge is -2.58. The lowest BCUT2D eigenvalue weighted by atomic mass is 9.47. The zero-order valence-electron chi connectivity index (χ0n) is 17.4. The van der Waals surface area contributed by atoms with E-state index in [0.29, 0.717) is 18.3 Å². The fourth-order valence-electron chi connectivity index (χ4n) is 7.79. The summed E-state index contributed by atoms with van der Waals surface area (Å²) in [7, 11) is 0. The maximum absolute atomic E-state index is 13.9. The molecule has 4 aliphatic rings. The number of aliphatic hydroxyl groups excluding tert-OH is 1. The van der Waals surface area contributed by atoms with Crippen molar-refractivity contribution in [2.45, 2.75) is 103 Å². The first-order chi connectivity index (χ1) is 12.7. The van der Waals surface area contributed by atoms with Crippen molar-refractivity contribution in [3.8, 4) is 0 Å². The number of fused-ring (bicyclic) bond motifs is 5. The first-order valence-corrected chi connectivity index (χ1v) is 11.4. The van der Waals surface area contributed by atoms with Gasteiger partial charge in [0.2, 0.25) is 5.92 Å². The molecule has 0 bridgehead atoms. The monoisotopic (exact) mass is 380 g/mol. The van der Waals surface area contributed by atoms with Crippen LogP contribution >= 0.6 is 0 Å². The number of allylic oxidation sites excluding steroid dienone is 1. The second-order valence-corrected chi connectivity index (χ2v) is 10.7. The van der Waals surface area contributed by atoms with E-state index < -0.39 is 5.92 Å². The fraction of sp³-hybridized carbons (Fsp3) is 0.917. The Hall–Kier alpha value is -0.440. The van der Waals surface area contributed by atoms with E-state index >= 15 is 0 Å². The van der Waals surface area contributed by atoms with Gasteiger partial charge in [-0.15, -0.1) is 0 Å².